The summed E-state index contributed by atoms with van der Waals surface area (Å²) in [4.78, 5) is 2.59. The third kappa shape index (κ3) is 2.32. The number of anilines is 3. The predicted octanol–water partition coefficient (Wildman–Crippen LogP) is 9.36. The van der Waals surface area contributed by atoms with E-state index in [0.717, 1.165) is 13.4 Å². The van der Waals surface area contributed by atoms with E-state index in [1.54, 1.807) is 0 Å². The van der Waals surface area contributed by atoms with Crippen LogP contribution in [0.1, 0.15) is 74.9 Å². The molecule has 158 valence electrons. The summed E-state index contributed by atoms with van der Waals surface area (Å²) in [5, 5.41) is 0. The van der Waals surface area contributed by atoms with Crippen molar-refractivity contribution in [3.05, 3.63) is 83.2 Å². The first-order valence-electron chi connectivity index (χ1n) is 10.7. The first-order chi connectivity index (χ1) is 14.4. The Morgan fingerprint density at radius 3 is 0.839 bits per heavy atom. The Morgan fingerprint density at radius 2 is 0.645 bits per heavy atom. The van der Waals surface area contributed by atoms with Crippen molar-refractivity contribution in [2.24, 2.45) is 0 Å². The van der Waals surface area contributed by atoms with Crippen LogP contribution in [0.5, 0.6) is 0 Å². The summed E-state index contributed by atoms with van der Waals surface area (Å²) in [5.41, 5.74) is 12.2. The van der Waals surface area contributed by atoms with E-state index in [1.807, 2.05) is 0 Å². The fourth-order valence-electron chi connectivity index (χ4n) is 6.15. The Labute approximate surface area is 209 Å². The van der Waals surface area contributed by atoms with Crippen molar-refractivity contribution in [2.75, 3.05) is 4.90 Å². The number of hydrogen-bond acceptors (Lipinski definition) is 1. The maximum absolute atomic E-state index is 3.85. The standard InChI is InChI=1S/C27H24Br3N/c1-25(2)16-7-13(28)9-18-22(16)31-23-17(25)8-14(29)10-19(23)27(5,6)21-12-15(30)11-20(24(21)31)26(18,3)4/h7-12H,1-6H3. The maximum atomic E-state index is 3.85. The minimum Gasteiger partial charge on any atom is -0.309 e. The van der Waals surface area contributed by atoms with Gasteiger partial charge < -0.3 is 4.90 Å². The summed E-state index contributed by atoms with van der Waals surface area (Å²) >= 11 is 11.5. The summed E-state index contributed by atoms with van der Waals surface area (Å²) in [7, 11) is 0. The van der Waals surface area contributed by atoms with Crippen molar-refractivity contribution in [1.29, 1.82) is 0 Å². The minimum absolute atomic E-state index is 0.102. The zero-order chi connectivity index (χ0) is 22.2. The van der Waals surface area contributed by atoms with Crippen molar-refractivity contribution < 1.29 is 0 Å². The molecule has 0 fully saturated rings. The fourth-order valence-corrected chi connectivity index (χ4v) is 7.52. The molecule has 0 amide bonds. The zero-order valence-corrected chi connectivity index (χ0v) is 23.3. The molecule has 0 bridgehead atoms. The van der Waals surface area contributed by atoms with Crippen molar-refractivity contribution in [3.63, 3.8) is 0 Å². The van der Waals surface area contributed by atoms with Crippen LogP contribution in [-0.4, -0.2) is 0 Å². The van der Waals surface area contributed by atoms with E-state index in [4.69, 9.17) is 0 Å². The molecule has 0 saturated heterocycles. The van der Waals surface area contributed by atoms with Gasteiger partial charge in [-0.15, -0.1) is 0 Å². The van der Waals surface area contributed by atoms with Gasteiger partial charge >= 0.3 is 0 Å². The Balaban J connectivity index is 1.91. The highest BCUT2D eigenvalue weighted by molar-refractivity contribution is 9.11. The fraction of sp³-hybridized carbons (Fsp3) is 0.333. The summed E-state index contributed by atoms with van der Waals surface area (Å²) in [6.07, 6.45) is 0. The molecule has 0 aromatic heterocycles. The monoisotopic (exact) mass is 599 g/mol. The third-order valence-corrected chi connectivity index (χ3v) is 9.31. The molecule has 0 atom stereocenters. The second kappa shape index (κ2) is 5.87. The molecular weight excluding hydrogens is 578 g/mol. The number of halogens is 3. The lowest BCUT2D eigenvalue weighted by atomic mass is 9.61. The largest absolute Gasteiger partial charge is 0.309 e. The molecule has 0 N–H and O–H groups in total. The van der Waals surface area contributed by atoms with Crippen LogP contribution in [-0.2, 0) is 16.2 Å². The van der Waals surface area contributed by atoms with Crippen molar-refractivity contribution in [1.82, 2.24) is 0 Å². The molecule has 0 unspecified atom stereocenters. The van der Waals surface area contributed by atoms with Crippen LogP contribution in [0.3, 0.4) is 0 Å². The molecule has 0 aliphatic carbocycles. The molecule has 0 spiro atoms. The van der Waals surface area contributed by atoms with Gasteiger partial charge in [-0.1, -0.05) is 89.3 Å². The molecule has 31 heavy (non-hydrogen) atoms. The van der Waals surface area contributed by atoms with Gasteiger partial charge in [0.05, 0.1) is 17.1 Å². The minimum atomic E-state index is -0.102. The van der Waals surface area contributed by atoms with Crippen molar-refractivity contribution in [3.8, 4) is 0 Å². The van der Waals surface area contributed by atoms with Crippen LogP contribution in [0, 0.1) is 0 Å². The van der Waals surface area contributed by atoms with E-state index in [0.29, 0.717) is 0 Å². The van der Waals surface area contributed by atoms with Gasteiger partial charge in [-0.2, -0.15) is 0 Å². The Hall–Kier alpha value is -1.10. The second-order valence-corrected chi connectivity index (χ2v) is 13.5. The average molecular weight is 602 g/mol. The lowest BCUT2D eigenvalue weighted by Crippen LogP contribution is -2.43. The number of hydrogen-bond donors (Lipinski definition) is 0. The lowest BCUT2D eigenvalue weighted by molar-refractivity contribution is 0.565. The number of rotatable bonds is 0. The summed E-state index contributed by atoms with van der Waals surface area (Å²) in [6.45, 7) is 14.3. The molecule has 3 aromatic rings. The van der Waals surface area contributed by atoms with E-state index in [2.05, 4.69) is 131 Å². The van der Waals surface area contributed by atoms with Gasteiger partial charge in [-0.3, -0.25) is 0 Å². The van der Waals surface area contributed by atoms with Crippen LogP contribution < -0.4 is 4.90 Å². The Bertz CT molecular complexity index is 1100. The quantitative estimate of drug-likeness (QED) is 0.248. The second-order valence-electron chi connectivity index (χ2n) is 10.8. The first kappa shape index (κ1) is 20.5. The molecular formula is C27H24Br3N. The van der Waals surface area contributed by atoms with E-state index in [1.165, 1.54) is 50.4 Å². The SMILES string of the molecule is CC1(C)c2cc(Br)cc3c2N2c4c1cc(Br)cc4C(C)(C)c1cc(Br)cc(c12)C3(C)C. The van der Waals surface area contributed by atoms with Gasteiger partial charge in [0, 0.05) is 29.7 Å². The normalized spacial score (nSPS) is 19.8. The Morgan fingerprint density at radius 1 is 0.452 bits per heavy atom. The predicted molar refractivity (Wildman–Crippen MR) is 141 cm³/mol. The van der Waals surface area contributed by atoms with Crippen LogP contribution in [0.15, 0.2) is 49.8 Å². The molecule has 3 aliphatic heterocycles. The smallest absolute Gasteiger partial charge is 0.0544 e. The maximum Gasteiger partial charge on any atom is 0.0544 e. The number of benzene rings is 3. The molecule has 4 heteroatoms. The molecule has 0 saturated carbocycles. The van der Waals surface area contributed by atoms with Crippen LogP contribution in [0.4, 0.5) is 17.1 Å². The average Bonchev–Trinajstić information content (AvgIpc) is 2.66. The van der Waals surface area contributed by atoms with Crippen molar-refractivity contribution in [2.45, 2.75) is 57.8 Å². The third-order valence-electron chi connectivity index (χ3n) is 7.93. The molecule has 1 nitrogen and oxygen atoms in total. The molecule has 3 heterocycles. The van der Waals surface area contributed by atoms with E-state index < -0.39 is 0 Å². The highest BCUT2D eigenvalue weighted by Crippen LogP contribution is 2.66. The van der Waals surface area contributed by atoms with E-state index >= 15 is 0 Å². The highest BCUT2D eigenvalue weighted by atomic mass is 79.9. The van der Waals surface area contributed by atoms with Gasteiger partial charge in [-0.05, 0) is 69.8 Å². The van der Waals surface area contributed by atoms with Gasteiger partial charge in [0.25, 0.3) is 0 Å². The highest BCUT2D eigenvalue weighted by Gasteiger charge is 2.52. The summed E-state index contributed by atoms with van der Waals surface area (Å²) in [6, 6.07) is 14.0. The topological polar surface area (TPSA) is 3.24 Å². The van der Waals surface area contributed by atoms with Gasteiger partial charge in [0.1, 0.15) is 0 Å². The summed E-state index contributed by atoms with van der Waals surface area (Å²) < 4.78 is 3.45. The molecule has 0 radical (unpaired) electrons. The van der Waals surface area contributed by atoms with Crippen molar-refractivity contribution >= 4 is 64.9 Å². The summed E-state index contributed by atoms with van der Waals surface area (Å²) in [5.74, 6) is 0. The van der Waals surface area contributed by atoms with E-state index in [9.17, 15) is 0 Å². The Kier molecular flexibility index (Phi) is 3.88. The molecule has 3 aliphatic rings. The van der Waals surface area contributed by atoms with E-state index in [-0.39, 0.29) is 16.2 Å². The van der Waals surface area contributed by atoms with Gasteiger partial charge in [0.2, 0.25) is 0 Å². The van der Waals surface area contributed by atoms with Gasteiger partial charge in [0.15, 0.2) is 0 Å². The van der Waals surface area contributed by atoms with Crippen LogP contribution in [0.2, 0.25) is 0 Å². The first-order valence-corrected chi connectivity index (χ1v) is 13.1. The molecule has 3 aromatic carbocycles. The van der Waals surface area contributed by atoms with Crippen LogP contribution >= 0.6 is 47.8 Å². The number of nitrogens with zero attached hydrogens (tertiary/aromatic N) is 1. The zero-order valence-electron chi connectivity index (χ0n) is 18.5. The van der Waals surface area contributed by atoms with Gasteiger partial charge in [-0.25, -0.2) is 0 Å². The molecule has 6 rings (SSSR count). The lowest BCUT2D eigenvalue weighted by Gasteiger charge is -2.55. The van der Waals surface area contributed by atoms with Crippen LogP contribution in [0.25, 0.3) is 0 Å².